The number of nitrogens with one attached hydrogen (secondary N) is 1. The predicted molar refractivity (Wildman–Crippen MR) is 84.6 cm³/mol. The van der Waals surface area contributed by atoms with Crippen molar-refractivity contribution >= 4 is 23.5 Å². The van der Waals surface area contributed by atoms with E-state index in [1.165, 1.54) is 0 Å². The molecule has 1 atom stereocenters. The van der Waals surface area contributed by atoms with Crippen LogP contribution in [0.5, 0.6) is 0 Å². The van der Waals surface area contributed by atoms with Crippen molar-refractivity contribution < 1.29 is 19.1 Å². The van der Waals surface area contributed by atoms with E-state index in [0.717, 1.165) is 12.0 Å². The number of anilines is 1. The highest BCUT2D eigenvalue weighted by molar-refractivity contribution is 6.51. The van der Waals surface area contributed by atoms with E-state index in [2.05, 4.69) is 5.32 Å². The lowest BCUT2D eigenvalue weighted by Crippen LogP contribution is -2.35. The second-order valence-corrected chi connectivity index (χ2v) is 7.00. The van der Waals surface area contributed by atoms with E-state index in [9.17, 15) is 14.4 Å². The summed E-state index contributed by atoms with van der Waals surface area (Å²) in [5.74, 6) is -0.896. The van der Waals surface area contributed by atoms with E-state index < -0.39 is 17.3 Å². The Bertz CT molecular complexity index is 690. The number of carbonyl (C=O) groups excluding carboxylic acids is 3. The zero-order chi connectivity index (χ0) is 16.8. The molecule has 1 aromatic rings. The number of hydrogen-bond acceptors (Lipinski definition) is 4. The minimum Gasteiger partial charge on any atom is -0.444 e. The van der Waals surface area contributed by atoms with Crippen LogP contribution in [0.4, 0.5) is 10.5 Å². The number of carbonyl (C=O) groups is 3. The van der Waals surface area contributed by atoms with Gasteiger partial charge in [0.05, 0.1) is 11.3 Å². The topological polar surface area (TPSA) is 75.7 Å². The van der Waals surface area contributed by atoms with Crippen molar-refractivity contribution in [2.24, 2.45) is 0 Å². The van der Waals surface area contributed by atoms with Crippen molar-refractivity contribution in [1.29, 1.82) is 0 Å². The van der Waals surface area contributed by atoms with Gasteiger partial charge in [0.15, 0.2) is 0 Å². The third-order valence-corrected chi connectivity index (χ3v) is 4.05. The summed E-state index contributed by atoms with van der Waals surface area (Å²) < 4.78 is 5.39. The van der Waals surface area contributed by atoms with Crippen molar-refractivity contribution in [3.8, 4) is 0 Å². The first-order valence-corrected chi connectivity index (χ1v) is 7.72. The molecule has 1 saturated heterocycles. The number of ether oxygens (including phenoxy) is 1. The lowest BCUT2D eigenvalue weighted by Gasteiger charge is -2.24. The van der Waals surface area contributed by atoms with Crippen LogP contribution < -0.4 is 5.32 Å². The summed E-state index contributed by atoms with van der Waals surface area (Å²) in [6.07, 6.45) is 0.532. The standard InChI is InChI=1S/C17H20N2O4/c1-17(2,3)23-16(22)19-7-6-11(9-19)10-4-5-12-13(8-10)18-15(21)14(12)20/h4-5,8,11H,6-7,9H2,1-3H3,(H,18,20,21). The molecule has 0 bridgehead atoms. The van der Waals surface area contributed by atoms with Crippen molar-refractivity contribution in [1.82, 2.24) is 4.90 Å². The summed E-state index contributed by atoms with van der Waals surface area (Å²) in [5.41, 5.74) is 1.49. The molecule has 23 heavy (non-hydrogen) atoms. The first-order chi connectivity index (χ1) is 10.7. The molecule has 2 aliphatic heterocycles. The summed E-state index contributed by atoms with van der Waals surface area (Å²) in [6, 6.07) is 5.38. The van der Waals surface area contributed by atoms with Gasteiger partial charge < -0.3 is 15.0 Å². The molecule has 0 aromatic heterocycles. The number of hydrogen-bond donors (Lipinski definition) is 1. The molecule has 1 N–H and O–H groups in total. The molecule has 6 nitrogen and oxygen atoms in total. The number of fused-ring (bicyclic) bond motifs is 1. The number of likely N-dealkylation sites (tertiary alicyclic amines) is 1. The Kier molecular flexibility index (Phi) is 3.62. The maximum atomic E-state index is 12.1. The van der Waals surface area contributed by atoms with Crippen LogP contribution in [0, 0.1) is 0 Å². The van der Waals surface area contributed by atoms with Crippen molar-refractivity contribution in [3.63, 3.8) is 0 Å². The van der Waals surface area contributed by atoms with E-state index in [1.54, 1.807) is 11.0 Å². The SMILES string of the molecule is CC(C)(C)OC(=O)N1CCC(c2ccc3c(c2)NC(=O)C3=O)C1. The van der Waals surface area contributed by atoms with E-state index in [1.807, 2.05) is 32.9 Å². The number of amides is 2. The Morgan fingerprint density at radius 3 is 2.74 bits per heavy atom. The minimum atomic E-state index is -0.584. The first kappa shape index (κ1) is 15.5. The van der Waals surface area contributed by atoms with E-state index in [0.29, 0.717) is 24.3 Å². The molecule has 1 aromatic carbocycles. The number of Topliss-reactive ketones (excluding diaryl/α,β-unsaturated/α-hetero) is 1. The number of nitrogens with zero attached hydrogens (tertiary/aromatic N) is 1. The van der Waals surface area contributed by atoms with Gasteiger partial charge in [0.2, 0.25) is 0 Å². The van der Waals surface area contributed by atoms with Crippen LogP contribution in [0.3, 0.4) is 0 Å². The maximum Gasteiger partial charge on any atom is 0.410 e. The van der Waals surface area contributed by atoms with Gasteiger partial charge >= 0.3 is 6.09 Å². The third-order valence-electron chi connectivity index (χ3n) is 4.05. The quantitative estimate of drug-likeness (QED) is 0.808. The maximum absolute atomic E-state index is 12.1. The van der Waals surface area contributed by atoms with Crippen molar-refractivity contribution in [3.05, 3.63) is 29.3 Å². The summed E-state index contributed by atoms with van der Waals surface area (Å²) in [7, 11) is 0. The molecule has 2 heterocycles. The van der Waals surface area contributed by atoms with Gasteiger partial charge in [-0.1, -0.05) is 6.07 Å². The molecule has 0 radical (unpaired) electrons. The molecule has 2 aliphatic rings. The Hall–Kier alpha value is -2.37. The Labute approximate surface area is 134 Å². The van der Waals surface area contributed by atoms with Crippen LogP contribution in [0.2, 0.25) is 0 Å². The summed E-state index contributed by atoms with van der Waals surface area (Å²) in [6.45, 7) is 6.76. The Balaban J connectivity index is 1.71. The largest absolute Gasteiger partial charge is 0.444 e. The van der Waals surface area contributed by atoms with Crippen LogP contribution in [0.15, 0.2) is 18.2 Å². The normalized spacial score (nSPS) is 20.5. The molecule has 122 valence electrons. The zero-order valence-electron chi connectivity index (χ0n) is 13.5. The van der Waals surface area contributed by atoms with Crippen LogP contribution in [-0.4, -0.2) is 41.4 Å². The van der Waals surface area contributed by atoms with Crippen molar-refractivity contribution in [2.45, 2.75) is 38.7 Å². The second kappa shape index (κ2) is 5.37. The molecule has 0 saturated carbocycles. The van der Waals surface area contributed by atoms with Gasteiger partial charge in [-0.25, -0.2) is 4.79 Å². The summed E-state index contributed by atoms with van der Waals surface area (Å²) >= 11 is 0. The molecule has 1 unspecified atom stereocenters. The van der Waals surface area contributed by atoms with Crippen molar-refractivity contribution in [2.75, 3.05) is 18.4 Å². The van der Waals surface area contributed by atoms with Gasteiger partial charge in [0.1, 0.15) is 5.60 Å². The lowest BCUT2D eigenvalue weighted by molar-refractivity contribution is -0.112. The Morgan fingerprint density at radius 1 is 1.30 bits per heavy atom. The van der Waals surface area contributed by atoms with Gasteiger partial charge in [-0.2, -0.15) is 0 Å². The second-order valence-electron chi connectivity index (χ2n) is 7.00. The fourth-order valence-electron chi connectivity index (χ4n) is 2.94. The van der Waals surface area contributed by atoms with Gasteiger partial charge in [0, 0.05) is 19.0 Å². The number of rotatable bonds is 1. The lowest BCUT2D eigenvalue weighted by atomic mass is 9.96. The fraction of sp³-hybridized carbons (Fsp3) is 0.471. The smallest absolute Gasteiger partial charge is 0.410 e. The molecule has 0 aliphatic carbocycles. The van der Waals surface area contributed by atoms with Crippen LogP contribution in [-0.2, 0) is 9.53 Å². The fourth-order valence-corrected chi connectivity index (χ4v) is 2.94. The van der Waals surface area contributed by atoms with Crippen LogP contribution >= 0.6 is 0 Å². The van der Waals surface area contributed by atoms with Crippen LogP contribution in [0.1, 0.15) is 49.0 Å². The average molecular weight is 316 g/mol. The van der Waals surface area contributed by atoms with Gasteiger partial charge in [-0.15, -0.1) is 0 Å². The number of benzene rings is 1. The third kappa shape index (κ3) is 3.06. The van der Waals surface area contributed by atoms with Gasteiger partial charge in [0.25, 0.3) is 11.7 Å². The van der Waals surface area contributed by atoms with Gasteiger partial charge in [-0.3, -0.25) is 9.59 Å². The van der Waals surface area contributed by atoms with Crippen LogP contribution in [0.25, 0.3) is 0 Å². The highest BCUT2D eigenvalue weighted by atomic mass is 16.6. The highest BCUT2D eigenvalue weighted by Gasteiger charge is 2.33. The number of ketones is 1. The summed E-state index contributed by atoms with van der Waals surface area (Å²) in [4.78, 5) is 36.8. The molecule has 3 rings (SSSR count). The van der Waals surface area contributed by atoms with E-state index in [-0.39, 0.29) is 12.0 Å². The van der Waals surface area contributed by atoms with E-state index >= 15 is 0 Å². The molecule has 0 spiro atoms. The average Bonchev–Trinajstić information content (AvgIpc) is 3.03. The molecular formula is C17H20N2O4. The van der Waals surface area contributed by atoms with E-state index in [4.69, 9.17) is 4.74 Å². The predicted octanol–water partition coefficient (Wildman–Crippen LogP) is 2.55. The zero-order valence-corrected chi connectivity index (χ0v) is 13.5. The monoisotopic (exact) mass is 316 g/mol. The summed E-state index contributed by atoms with van der Waals surface area (Å²) in [5, 5.41) is 2.58. The Morgan fingerprint density at radius 2 is 2.04 bits per heavy atom. The minimum absolute atomic E-state index is 0.181. The first-order valence-electron chi connectivity index (χ1n) is 7.72. The van der Waals surface area contributed by atoms with Gasteiger partial charge in [-0.05, 0) is 44.9 Å². The molecular weight excluding hydrogens is 296 g/mol. The molecule has 6 heteroatoms. The highest BCUT2D eigenvalue weighted by Crippen LogP contribution is 2.32. The molecule has 2 amide bonds. The molecule has 1 fully saturated rings.